The maximum Gasteiger partial charge on any atom is 0.294 e. The zero-order valence-corrected chi connectivity index (χ0v) is 7.57. The predicted octanol–water partition coefficient (Wildman–Crippen LogP) is 1.47. The summed E-state index contributed by atoms with van der Waals surface area (Å²) in [4.78, 5) is 10.2. The van der Waals surface area contributed by atoms with Crippen molar-refractivity contribution in [1.82, 2.24) is 5.32 Å². The zero-order chi connectivity index (χ0) is 9.52. The molecule has 1 rings (SSSR count). The average Bonchev–Trinajstić information content (AvgIpc) is 2.19. The van der Waals surface area contributed by atoms with Gasteiger partial charge in [0.1, 0.15) is 0 Å². The Morgan fingerprint density at radius 3 is 2.69 bits per heavy atom. The Hall–Kier alpha value is -1.35. The molecule has 1 aromatic carbocycles. The molecule has 1 atom stereocenters. The standard InChI is InChI=1S/C10H13NO2/c1-2-11-10(13-8-12)9-6-4-3-5-7-9/h3-8,10-11H,2H2,1H3. The topological polar surface area (TPSA) is 38.3 Å². The van der Waals surface area contributed by atoms with Gasteiger partial charge in [0, 0.05) is 5.56 Å². The summed E-state index contributed by atoms with van der Waals surface area (Å²) in [5.74, 6) is 0. The SMILES string of the molecule is CCNC(OC=O)c1ccccc1. The lowest BCUT2D eigenvalue weighted by Crippen LogP contribution is -2.22. The maximum absolute atomic E-state index is 10.2. The van der Waals surface area contributed by atoms with Crippen LogP contribution >= 0.6 is 0 Å². The van der Waals surface area contributed by atoms with Crippen molar-refractivity contribution in [2.24, 2.45) is 0 Å². The van der Waals surface area contributed by atoms with Crippen molar-refractivity contribution >= 4 is 6.47 Å². The molecule has 0 radical (unpaired) electrons. The van der Waals surface area contributed by atoms with Gasteiger partial charge >= 0.3 is 0 Å². The summed E-state index contributed by atoms with van der Waals surface area (Å²) < 4.78 is 4.88. The van der Waals surface area contributed by atoms with Crippen LogP contribution in [0.15, 0.2) is 30.3 Å². The quantitative estimate of drug-likeness (QED) is 0.549. The Labute approximate surface area is 77.7 Å². The van der Waals surface area contributed by atoms with Crippen LogP contribution in [0.5, 0.6) is 0 Å². The molecule has 1 N–H and O–H groups in total. The summed E-state index contributed by atoms with van der Waals surface area (Å²) in [5.41, 5.74) is 0.955. The van der Waals surface area contributed by atoms with Crippen molar-refractivity contribution in [2.45, 2.75) is 13.2 Å². The number of nitrogens with one attached hydrogen (secondary N) is 1. The third-order valence-corrected chi connectivity index (χ3v) is 1.68. The Balaban J connectivity index is 2.69. The first kappa shape index (κ1) is 9.74. The van der Waals surface area contributed by atoms with Crippen molar-refractivity contribution in [3.8, 4) is 0 Å². The van der Waals surface area contributed by atoms with Crippen molar-refractivity contribution < 1.29 is 9.53 Å². The normalized spacial score (nSPS) is 12.1. The second kappa shape index (κ2) is 5.32. The minimum Gasteiger partial charge on any atom is -0.444 e. The van der Waals surface area contributed by atoms with E-state index in [0.717, 1.165) is 12.1 Å². The Bertz CT molecular complexity index is 248. The minimum absolute atomic E-state index is 0.330. The molecule has 0 aliphatic heterocycles. The maximum atomic E-state index is 10.2. The van der Waals surface area contributed by atoms with Crippen LogP contribution in [0.1, 0.15) is 18.7 Å². The third kappa shape index (κ3) is 2.87. The highest BCUT2D eigenvalue weighted by Crippen LogP contribution is 2.11. The molecule has 3 nitrogen and oxygen atoms in total. The lowest BCUT2D eigenvalue weighted by Gasteiger charge is -2.15. The second-order valence-electron chi connectivity index (χ2n) is 2.58. The van der Waals surface area contributed by atoms with Gasteiger partial charge in [-0.05, 0) is 6.54 Å². The molecule has 0 spiro atoms. The molecule has 0 aromatic heterocycles. The number of benzene rings is 1. The second-order valence-corrected chi connectivity index (χ2v) is 2.58. The van der Waals surface area contributed by atoms with Gasteiger partial charge in [0.2, 0.25) is 0 Å². The van der Waals surface area contributed by atoms with E-state index in [1.165, 1.54) is 0 Å². The fourth-order valence-corrected chi connectivity index (χ4v) is 1.11. The lowest BCUT2D eigenvalue weighted by atomic mass is 10.2. The fourth-order valence-electron chi connectivity index (χ4n) is 1.11. The van der Waals surface area contributed by atoms with Crippen LogP contribution in [-0.2, 0) is 9.53 Å². The summed E-state index contributed by atoms with van der Waals surface area (Å²) in [6, 6.07) is 9.57. The van der Waals surface area contributed by atoms with Gasteiger partial charge in [-0.1, -0.05) is 37.3 Å². The molecular formula is C10H13NO2. The van der Waals surface area contributed by atoms with Crippen LogP contribution in [0.3, 0.4) is 0 Å². The highest BCUT2D eigenvalue weighted by Gasteiger charge is 2.08. The Morgan fingerprint density at radius 2 is 2.15 bits per heavy atom. The van der Waals surface area contributed by atoms with Crippen LogP contribution < -0.4 is 5.32 Å². The summed E-state index contributed by atoms with van der Waals surface area (Å²) in [6.45, 7) is 3.18. The number of hydrogen-bond donors (Lipinski definition) is 1. The van der Waals surface area contributed by atoms with E-state index in [1.54, 1.807) is 0 Å². The van der Waals surface area contributed by atoms with Crippen LogP contribution in [-0.4, -0.2) is 13.0 Å². The lowest BCUT2D eigenvalue weighted by molar-refractivity contribution is -0.135. The van der Waals surface area contributed by atoms with Crippen LogP contribution in [0, 0.1) is 0 Å². The van der Waals surface area contributed by atoms with E-state index in [9.17, 15) is 4.79 Å². The average molecular weight is 179 g/mol. The summed E-state index contributed by atoms with van der Waals surface area (Å²) in [7, 11) is 0. The summed E-state index contributed by atoms with van der Waals surface area (Å²) in [5, 5.41) is 3.05. The molecule has 1 unspecified atom stereocenters. The molecular weight excluding hydrogens is 166 g/mol. The molecule has 0 heterocycles. The monoisotopic (exact) mass is 179 g/mol. The molecule has 0 aliphatic rings. The molecule has 0 saturated carbocycles. The first-order valence-corrected chi connectivity index (χ1v) is 4.26. The number of carbonyl (C=O) groups is 1. The minimum atomic E-state index is -0.330. The highest BCUT2D eigenvalue weighted by molar-refractivity contribution is 5.38. The van der Waals surface area contributed by atoms with E-state index in [0.29, 0.717) is 6.47 Å². The molecule has 70 valence electrons. The van der Waals surface area contributed by atoms with E-state index >= 15 is 0 Å². The van der Waals surface area contributed by atoms with Crippen molar-refractivity contribution in [2.75, 3.05) is 6.54 Å². The van der Waals surface area contributed by atoms with E-state index in [2.05, 4.69) is 5.32 Å². The zero-order valence-electron chi connectivity index (χ0n) is 7.57. The van der Waals surface area contributed by atoms with Crippen LogP contribution in [0.4, 0.5) is 0 Å². The highest BCUT2D eigenvalue weighted by atomic mass is 16.5. The number of rotatable bonds is 5. The number of carbonyl (C=O) groups excluding carboxylic acids is 1. The van der Waals surface area contributed by atoms with Gasteiger partial charge in [-0.25, -0.2) is 0 Å². The molecule has 0 saturated heterocycles. The smallest absolute Gasteiger partial charge is 0.294 e. The van der Waals surface area contributed by atoms with Crippen LogP contribution in [0.2, 0.25) is 0 Å². The van der Waals surface area contributed by atoms with Gasteiger partial charge in [0.25, 0.3) is 6.47 Å². The first-order chi connectivity index (χ1) is 6.38. The molecule has 1 aromatic rings. The Morgan fingerprint density at radius 1 is 1.46 bits per heavy atom. The molecule has 13 heavy (non-hydrogen) atoms. The van der Waals surface area contributed by atoms with Crippen molar-refractivity contribution in [3.05, 3.63) is 35.9 Å². The van der Waals surface area contributed by atoms with Gasteiger partial charge in [-0.15, -0.1) is 0 Å². The largest absolute Gasteiger partial charge is 0.444 e. The van der Waals surface area contributed by atoms with Crippen LogP contribution in [0.25, 0.3) is 0 Å². The first-order valence-electron chi connectivity index (χ1n) is 4.26. The van der Waals surface area contributed by atoms with Crippen molar-refractivity contribution in [1.29, 1.82) is 0 Å². The number of hydrogen-bond acceptors (Lipinski definition) is 3. The Kier molecular flexibility index (Phi) is 3.99. The molecule has 0 bridgehead atoms. The molecule has 0 amide bonds. The summed E-state index contributed by atoms with van der Waals surface area (Å²) >= 11 is 0. The van der Waals surface area contributed by atoms with Crippen molar-refractivity contribution in [3.63, 3.8) is 0 Å². The van der Waals surface area contributed by atoms with Gasteiger partial charge in [0.15, 0.2) is 6.23 Å². The predicted molar refractivity (Wildman–Crippen MR) is 50.0 cm³/mol. The number of ether oxygens (including phenoxy) is 1. The van der Waals surface area contributed by atoms with Gasteiger partial charge in [0.05, 0.1) is 0 Å². The molecule has 3 heteroatoms. The van der Waals surface area contributed by atoms with Gasteiger partial charge < -0.3 is 4.74 Å². The molecule has 0 aliphatic carbocycles. The molecule has 0 fully saturated rings. The van der Waals surface area contributed by atoms with Gasteiger partial charge in [-0.2, -0.15) is 0 Å². The van der Waals surface area contributed by atoms with Gasteiger partial charge in [-0.3, -0.25) is 10.1 Å². The van der Waals surface area contributed by atoms with E-state index in [1.807, 2.05) is 37.3 Å². The summed E-state index contributed by atoms with van der Waals surface area (Å²) in [6.07, 6.45) is -0.330. The third-order valence-electron chi connectivity index (χ3n) is 1.68. The van der Waals surface area contributed by atoms with E-state index in [-0.39, 0.29) is 6.23 Å². The van der Waals surface area contributed by atoms with E-state index in [4.69, 9.17) is 4.74 Å². The van der Waals surface area contributed by atoms with E-state index < -0.39 is 0 Å². The fraction of sp³-hybridized carbons (Fsp3) is 0.300.